The van der Waals surface area contributed by atoms with Gasteiger partial charge in [-0.2, -0.15) is 0 Å². The van der Waals surface area contributed by atoms with Crippen LogP contribution in [0, 0.1) is 5.92 Å². The number of nitrogens with zero attached hydrogens (tertiary/aromatic N) is 1. The zero-order valence-corrected chi connectivity index (χ0v) is 15.0. The lowest BCUT2D eigenvalue weighted by molar-refractivity contribution is -0.135. The van der Waals surface area contributed by atoms with E-state index in [-0.39, 0.29) is 24.4 Å². The lowest BCUT2D eigenvalue weighted by Crippen LogP contribution is -2.45. The molecule has 2 N–H and O–H groups in total. The molecule has 1 aliphatic rings. The molecule has 0 aliphatic carbocycles. The lowest BCUT2D eigenvalue weighted by Gasteiger charge is -2.23. The number of carbonyl (C=O) groups excluding carboxylic acids is 3. The number of halogens is 1. The first-order valence-electron chi connectivity index (χ1n) is 7.84. The minimum atomic E-state index is -1.20. The Morgan fingerprint density at radius 2 is 1.83 bits per heavy atom. The predicted molar refractivity (Wildman–Crippen MR) is 91.5 cm³/mol. The van der Waals surface area contributed by atoms with Crippen LogP contribution >= 0.6 is 11.6 Å². The molecule has 1 aromatic rings. The van der Waals surface area contributed by atoms with Crippen molar-refractivity contribution < 1.29 is 14.4 Å². The van der Waals surface area contributed by atoms with Crippen LogP contribution in [0.2, 0.25) is 5.02 Å². The standard InChI is InChI=1S/C17H22ClN3O3/c1-10(2)11(3)19-14(22)9-21-15(23)17(4,20-16(21)24)12-5-7-13(18)8-6-12/h5-8,10-11H,9H2,1-4H3,(H,19,22)(H,20,24)/t11-,17-/m1/s1. The molecular formula is C17H22ClN3O3. The van der Waals surface area contributed by atoms with E-state index in [1.807, 2.05) is 20.8 Å². The van der Waals surface area contributed by atoms with Gasteiger partial charge in [0.1, 0.15) is 12.1 Å². The molecule has 0 saturated carbocycles. The first-order valence-corrected chi connectivity index (χ1v) is 8.22. The summed E-state index contributed by atoms with van der Waals surface area (Å²) in [5.41, 5.74) is -0.588. The molecule has 0 bridgehead atoms. The molecule has 24 heavy (non-hydrogen) atoms. The zero-order valence-electron chi connectivity index (χ0n) is 14.2. The van der Waals surface area contributed by atoms with Gasteiger partial charge in [-0.05, 0) is 37.5 Å². The van der Waals surface area contributed by atoms with Crippen molar-refractivity contribution in [3.63, 3.8) is 0 Å². The number of hydrogen-bond acceptors (Lipinski definition) is 3. The number of hydrogen-bond donors (Lipinski definition) is 2. The van der Waals surface area contributed by atoms with Crippen LogP contribution in [0.4, 0.5) is 4.79 Å². The van der Waals surface area contributed by atoms with Crippen LogP contribution in [0.3, 0.4) is 0 Å². The van der Waals surface area contributed by atoms with Crippen LogP contribution in [0.25, 0.3) is 0 Å². The summed E-state index contributed by atoms with van der Waals surface area (Å²) in [6.45, 7) is 7.16. The summed E-state index contributed by atoms with van der Waals surface area (Å²) in [5.74, 6) is -0.557. The number of rotatable bonds is 5. The number of nitrogens with one attached hydrogen (secondary N) is 2. The van der Waals surface area contributed by atoms with E-state index in [1.165, 1.54) is 0 Å². The maximum absolute atomic E-state index is 12.7. The molecule has 1 fully saturated rings. The lowest BCUT2D eigenvalue weighted by atomic mass is 9.92. The van der Waals surface area contributed by atoms with E-state index in [2.05, 4.69) is 10.6 Å². The monoisotopic (exact) mass is 351 g/mol. The van der Waals surface area contributed by atoms with Gasteiger partial charge in [0, 0.05) is 11.1 Å². The van der Waals surface area contributed by atoms with Crippen molar-refractivity contribution in [1.82, 2.24) is 15.5 Å². The average Bonchev–Trinajstić information content (AvgIpc) is 2.72. The summed E-state index contributed by atoms with van der Waals surface area (Å²) in [5, 5.41) is 5.99. The Balaban J connectivity index is 2.14. The van der Waals surface area contributed by atoms with Crippen LogP contribution in [-0.4, -0.2) is 35.3 Å². The van der Waals surface area contributed by atoms with Gasteiger partial charge in [-0.3, -0.25) is 14.5 Å². The van der Waals surface area contributed by atoms with E-state index in [1.54, 1.807) is 31.2 Å². The topological polar surface area (TPSA) is 78.5 Å². The maximum Gasteiger partial charge on any atom is 0.325 e. The third kappa shape index (κ3) is 3.53. The van der Waals surface area contributed by atoms with Crippen LogP contribution in [0.15, 0.2) is 24.3 Å². The van der Waals surface area contributed by atoms with Crippen LogP contribution in [0.1, 0.15) is 33.3 Å². The normalized spacial score (nSPS) is 21.8. The van der Waals surface area contributed by atoms with Crippen molar-refractivity contribution in [2.24, 2.45) is 5.92 Å². The van der Waals surface area contributed by atoms with Crippen molar-refractivity contribution in [2.75, 3.05) is 6.54 Å². The van der Waals surface area contributed by atoms with Gasteiger partial charge < -0.3 is 10.6 Å². The summed E-state index contributed by atoms with van der Waals surface area (Å²) < 4.78 is 0. The number of benzene rings is 1. The van der Waals surface area contributed by atoms with Gasteiger partial charge in [0.15, 0.2) is 0 Å². The van der Waals surface area contributed by atoms with Gasteiger partial charge in [-0.25, -0.2) is 4.79 Å². The fourth-order valence-corrected chi connectivity index (χ4v) is 2.56. The molecule has 6 nitrogen and oxygen atoms in total. The van der Waals surface area contributed by atoms with E-state index in [4.69, 9.17) is 11.6 Å². The molecule has 1 aliphatic heterocycles. The third-order valence-electron chi connectivity index (χ3n) is 4.39. The summed E-state index contributed by atoms with van der Waals surface area (Å²) >= 11 is 5.86. The molecule has 0 unspecified atom stereocenters. The first kappa shape index (κ1) is 18.3. The zero-order chi connectivity index (χ0) is 18.1. The Morgan fingerprint density at radius 1 is 1.25 bits per heavy atom. The largest absolute Gasteiger partial charge is 0.352 e. The van der Waals surface area contributed by atoms with E-state index >= 15 is 0 Å². The molecule has 1 heterocycles. The second-order valence-electron chi connectivity index (χ2n) is 6.55. The van der Waals surface area contributed by atoms with Crippen molar-refractivity contribution in [2.45, 2.75) is 39.3 Å². The van der Waals surface area contributed by atoms with Crippen LogP contribution in [-0.2, 0) is 15.1 Å². The van der Waals surface area contributed by atoms with Gasteiger partial charge in [-0.15, -0.1) is 0 Å². The smallest absolute Gasteiger partial charge is 0.325 e. The van der Waals surface area contributed by atoms with Crippen LogP contribution < -0.4 is 10.6 Å². The Labute approximate surface area is 146 Å². The second-order valence-corrected chi connectivity index (χ2v) is 6.99. The highest BCUT2D eigenvalue weighted by Crippen LogP contribution is 2.29. The average molecular weight is 352 g/mol. The molecule has 130 valence electrons. The molecule has 2 rings (SSSR count). The van der Waals surface area contributed by atoms with E-state index in [0.717, 1.165) is 4.90 Å². The molecule has 0 radical (unpaired) electrons. The van der Waals surface area contributed by atoms with Crippen molar-refractivity contribution in [1.29, 1.82) is 0 Å². The first-order chi connectivity index (χ1) is 11.1. The van der Waals surface area contributed by atoms with Crippen molar-refractivity contribution in [3.05, 3.63) is 34.9 Å². The molecule has 0 spiro atoms. The molecule has 2 atom stereocenters. The molecule has 0 aromatic heterocycles. The summed E-state index contributed by atoms with van der Waals surface area (Å²) in [4.78, 5) is 37.9. The SMILES string of the molecule is CC(C)[C@@H](C)NC(=O)CN1C(=O)N[C@](C)(c2ccc(Cl)cc2)C1=O. The molecule has 1 aromatic carbocycles. The second kappa shape index (κ2) is 6.81. The number of urea groups is 1. The van der Waals surface area contributed by atoms with Gasteiger partial charge in [0.05, 0.1) is 0 Å². The highest BCUT2D eigenvalue weighted by atomic mass is 35.5. The summed E-state index contributed by atoms with van der Waals surface area (Å²) in [7, 11) is 0. The Morgan fingerprint density at radius 3 is 2.38 bits per heavy atom. The van der Waals surface area contributed by atoms with Gasteiger partial charge in [-0.1, -0.05) is 37.6 Å². The molecule has 4 amide bonds. The Bertz CT molecular complexity index is 660. The van der Waals surface area contributed by atoms with Gasteiger partial charge in [0.2, 0.25) is 5.91 Å². The maximum atomic E-state index is 12.7. The Hall–Kier alpha value is -2.08. The van der Waals surface area contributed by atoms with E-state index < -0.39 is 17.5 Å². The van der Waals surface area contributed by atoms with E-state index in [9.17, 15) is 14.4 Å². The van der Waals surface area contributed by atoms with Crippen molar-refractivity contribution in [3.8, 4) is 0 Å². The third-order valence-corrected chi connectivity index (χ3v) is 4.64. The number of imide groups is 1. The minimum Gasteiger partial charge on any atom is -0.352 e. The summed E-state index contributed by atoms with van der Waals surface area (Å²) in [6.07, 6.45) is 0. The molecular weight excluding hydrogens is 330 g/mol. The fraction of sp³-hybridized carbons (Fsp3) is 0.471. The molecule has 1 saturated heterocycles. The highest BCUT2D eigenvalue weighted by Gasteiger charge is 2.49. The number of amides is 4. The quantitative estimate of drug-likeness (QED) is 0.799. The highest BCUT2D eigenvalue weighted by molar-refractivity contribution is 6.30. The van der Waals surface area contributed by atoms with E-state index in [0.29, 0.717) is 10.6 Å². The van der Waals surface area contributed by atoms with Crippen LogP contribution in [0.5, 0.6) is 0 Å². The minimum absolute atomic E-state index is 0.0408. The van der Waals surface area contributed by atoms with Gasteiger partial charge in [0.25, 0.3) is 5.91 Å². The van der Waals surface area contributed by atoms with Gasteiger partial charge >= 0.3 is 6.03 Å². The Kier molecular flexibility index (Phi) is 5.18. The predicted octanol–water partition coefficient (Wildman–Crippen LogP) is 2.27. The fourth-order valence-electron chi connectivity index (χ4n) is 2.43. The molecule has 7 heteroatoms. The number of carbonyl (C=O) groups is 3. The summed E-state index contributed by atoms with van der Waals surface area (Å²) in [6, 6.07) is 6.06. The van der Waals surface area contributed by atoms with Crippen molar-refractivity contribution >= 4 is 29.4 Å².